The van der Waals surface area contributed by atoms with Crippen LogP contribution in [-0.4, -0.2) is 36.2 Å². The van der Waals surface area contributed by atoms with Crippen molar-refractivity contribution in [2.45, 2.75) is 5.92 Å². The maximum absolute atomic E-state index is 13.2. The zero-order chi connectivity index (χ0) is 22.7. The number of carboxylic acids is 1. The minimum Gasteiger partial charge on any atom is -0.478 e. The quantitative estimate of drug-likeness (QED) is 0.544. The number of carbonyl (C=O) groups is 3. The molecule has 0 unspecified atom stereocenters. The third kappa shape index (κ3) is 4.29. The van der Waals surface area contributed by atoms with Crippen molar-refractivity contribution in [2.24, 2.45) is 0 Å². The van der Waals surface area contributed by atoms with E-state index in [0.29, 0.717) is 0 Å². The highest BCUT2D eigenvalue weighted by molar-refractivity contribution is 6.01. The first-order chi connectivity index (χ1) is 15.4. The number of benzene rings is 3. The molecule has 0 fully saturated rings. The fourth-order valence-electron chi connectivity index (χ4n) is 3.80. The Balaban J connectivity index is 1.34. The van der Waals surface area contributed by atoms with E-state index < -0.39 is 30.3 Å². The van der Waals surface area contributed by atoms with Crippen LogP contribution in [0.5, 0.6) is 0 Å². The van der Waals surface area contributed by atoms with E-state index in [1.165, 1.54) is 0 Å². The van der Waals surface area contributed by atoms with Gasteiger partial charge in [-0.3, -0.25) is 4.79 Å². The predicted octanol–water partition coefficient (Wildman–Crippen LogP) is 4.00. The van der Waals surface area contributed by atoms with Crippen LogP contribution in [0.1, 0.15) is 27.4 Å². The molecule has 162 valence electrons. The molecule has 2 amide bonds. The number of anilines is 1. The van der Waals surface area contributed by atoms with Crippen LogP contribution >= 0.6 is 0 Å². The number of alkyl carbamates (subject to hydrolysis) is 1. The van der Waals surface area contributed by atoms with Gasteiger partial charge in [0.1, 0.15) is 19.0 Å². The summed E-state index contributed by atoms with van der Waals surface area (Å²) >= 11 is 0. The number of amides is 2. The molecule has 1 aliphatic rings. The molecule has 32 heavy (non-hydrogen) atoms. The van der Waals surface area contributed by atoms with E-state index in [4.69, 9.17) is 9.84 Å². The van der Waals surface area contributed by atoms with E-state index in [1.54, 1.807) is 0 Å². The van der Waals surface area contributed by atoms with E-state index in [9.17, 15) is 18.8 Å². The molecule has 0 spiro atoms. The average Bonchev–Trinajstić information content (AvgIpc) is 3.11. The Morgan fingerprint density at radius 3 is 2.19 bits per heavy atom. The summed E-state index contributed by atoms with van der Waals surface area (Å²) < 4.78 is 18.6. The smallest absolute Gasteiger partial charge is 0.407 e. The molecule has 7 nitrogen and oxygen atoms in total. The normalized spacial score (nSPS) is 11.9. The average molecular weight is 434 g/mol. The van der Waals surface area contributed by atoms with Gasteiger partial charge in [-0.2, -0.15) is 0 Å². The number of fused-ring (bicyclic) bond motifs is 3. The van der Waals surface area contributed by atoms with E-state index in [1.807, 2.05) is 48.5 Å². The lowest BCUT2D eigenvalue weighted by atomic mass is 9.98. The number of rotatable bonds is 6. The predicted molar refractivity (Wildman–Crippen MR) is 115 cm³/mol. The van der Waals surface area contributed by atoms with Gasteiger partial charge >= 0.3 is 12.1 Å². The number of nitrogens with one attached hydrogen (secondary N) is 2. The fraction of sp³-hybridized carbons (Fsp3) is 0.125. The van der Waals surface area contributed by atoms with Crippen LogP contribution in [0.25, 0.3) is 11.1 Å². The van der Waals surface area contributed by atoms with Gasteiger partial charge in [-0.1, -0.05) is 48.5 Å². The topological polar surface area (TPSA) is 105 Å². The molecule has 3 aromatic rings. The summed E-state index contributed by atoms with van der Waals surface area (Å²) in [5, 5.41) is 13.8. The number of halogens is 1. The summed E-state index contributed by atoms with van der Waals surface area (Å²) in [7, 11) is 0. The molecule has 8 heteroatoms. The second kappa shape index (κ2) is 8.89. The molecule has 0 aliphatic heterocycles. The molecular formula is C24H19FN2O5. The number of ether oxygens (including phenoxy) is 1. The zero-order valence-electron chi connectivity index (χ0n) is 16.8. The molecule has 3 N–H and O–H groups in total. The minimum absolute atomic E-state index is 0.0711. The van der Waals surface area contributed by atoms with E-state index in [0.717, 1.165) is 40.5 Å². The van der Waals surface area contributed by atoms with Crippen molar-refractivity contribution in [1.82, 2.24) is 5.32 Å². The van der Waals surface area contributed by atoms with Gasteiger partial charge in [0.05, 0.1) is 11.3 Å². The standard InChI is InChI=1S/C24H19FN2O5/c25-14-9-10-21(19(11-14)23(29)30)27-22(28)12-26-24(31)32-13-20-17-7-3-1-5-15(17)16-6-2-4-8-18(16)20/h1-11,20H,12-13H2,(H,26,31)(H,27,28)(H,29,30). The summed E-state index contributed by atoms with van der Waals surface area (Å²) in [6, 6.07) is 18.8. The summed E-state index contributed by atoms with van der Waals surface area (Å²) in [4.78, 5) is 35.4. The van der Waals surface area contributed by atoms with E-state index in [2.05, 4.69) is 10.6 Å². The second-order valence-corrected chi connectivity index (χ2v) is 7.22. The Kier molecular flexibility index (Phi) is 5.85. The van der Waals surface area contributed by atoms with Gasteiger partial charge in [0.2, 0.25) is 5.91 Å². The largest absolute Gasteiger partial charge is 0.478 e. The highest BCUT2D eigenvalue weighted by Gasteiger charge is 2.29. The van der Waals surface area contributed by atoms with E-state index in [-0.39, 0.29) is 23.8 Å². The van der Waals surface area contributed by atoms with Gasteiger partial charge in [-0.25, -0.2) is 14.0 Å². The van der Waals surface area contributed by atoms with Crippen LogP contribution in [0.2, 0.25) is 0 Å². The van der Waals surface area contributed by atoms with Gasteiger partial charge < -0.3 is 20.5 Å². The highest BCUT2D eigenvalue weighted by Crippen LogP contribution is 2.44. The Morgan fingerprint density at radius 2 is 1.56 bits per heavy atom. The number of hydrogen-bond donors (Lipinski definition) is 3. The maximum atomic E-state index is 13.2. The van der Waals surface area contributed by atoms with Crippen LogP contribution in [0.3, 0.4) is 0 Å². The minimum atomic E-state index is -1.38. The second-order valence-electron chi connectivity index (χ2n) is 7.22. The molecule has 0 saturated carbocycles. The molecule has 1 aliphatic carbocycles. The lowest BCUT2D eigenvalue weighted by molar-refractivity contribution is -0.115. The summed E-state index contributed by atoms with van der Waals surface area (Å²) in [6.07, 6.45) is -0.778. The van der Waals surface area contributed by atoms with Gasteiger partial charge in [0, 0.05) is 5.92 Å². The molecule has 0 atom stereocenters. The van der Waals surface area contributed by atoms with Crippen LogP contribution < -0.4 is 10.6 Å². The van der Waals surface area contributed by atoms with Crippen LogP contribution in [0, 0.1) is 5.82 Å². The van der Waals surface area contributed by atoms with Crippen molar-refractivity contribution in [3.63, 3.8) is 0 Å². The van der Waals surface area contributed by atoms with E-state index >= 15 is 0 Å². The monoisotopic (exact) mass is 434 g/mol. The maximum Gasteiger partial charge on any atom is 0.407 e. The Morgan fingerprint density at radius 1 is 0.938 bits per heavy atom. The first kappa shape index (κ1) is 21.0. The first-order valence-electron chi connectivity index (χ1n) is 9.85. The summed E-state index contributed by atoms with van der Waals surface area (Å²) in [6.45, 7) is -0.338. The summed E-state index contributed by atoms with van der Waals surface area (Å²) in [5.74, 6) is -2.91. The van der Waals surface area contributed by atoms with Crippen molar-refractivity contribution in [3.8, 4) is 11.1 Å². The molecule has 0 aromatic heterocycles. The lowest BCUT2D eigenvalue weighted by Crippen LogP contribution is -2.34. The van der Waals surface area contributed by atoms with Crippen molar-refractivity contribution in [1.29, 1.82) is 0 Å². The summed E-state index contributed by atoms with van der Waals surface area (Å²) in [5.41, 5.74) is 3.88. The van der Waals surface area contributed by atoms with Gasteiger partial charge in [0.15, 0.2) is 0 Å². The van der Waals surface area contributed by atoms with Gasteiger partial charge in [-0.05, 0) is 40.5 Å². The number of aromatic carboxylic acids is 1. The van der Waals surface area contributed by atoms with Crippen LogP contribution in [-0.2, 0) is 9.53 Å². The molecule has 0 heterocycles. The third-order valence-corrected chi connectivity index (χ3v) is 5.22. The molecule has 0 radical (unpaired) electrons. The van der Waals surface area contributed by atoms with Gasteiger partial charge in [0.25, 0.3) is 0 Å². The number of hydrogen-bond acceptors (Lipinski definition) is 4. The Hall–Kier alpha value is -4.20. The molecular weight excluding hydrogens is 415 g/mol. The molecule has 0 bridgehead atoms. The first-order valence-corrected chi connectivity index (χ1v) is 9.85. The Labute approximate surface area is 182 Å². The SMILES string of the molecule is O=C(CNC(=O)OCC1c2ccccc2-c2ccccc21)Nc1ccc(F)cc1C(=O)O. The Bertz CT molecular complexity index is 1160. The van der Waals surface area contributed by atoms with Gasteiger partial charge in [-0.15, -0.1) is 0 Å². The molecule has 3 aromatic carbocycles. The van der Waals surface area contributed by atoms with Crippen LogP contribution in [0.4, 0.5) is 14.9 Å². The van der Waals surface area contributed by atoms with Crippen molar-refractivity contribution in [3.05, 3.63) is 89.2 Å². The zero-order valence-corrected chi connectivity index (χ0v) is 16.8. The fourth-order valence-corrected chi connectivity index (χ4v) is 3.80. The van der Waals surface area contributed by atoms with Crippen LogP contribution in [0.15, 0.2) is 66.7 Å². The van der Waals surface area contributed by atoms with Crippen molar-refractivity contribution < 1.29 is 28.6 Å². The van der Waals surface area contributed by atoms with Crippen molar-refractivity contribution >= 4 is 23.7 Å². The molecule has 4 rings (SSSR count). The molecule has 0 saturated heterocycles. The number of carboxylic acid groups (broad SMARTS) is 1. The number of carbonyl (C=O) groups excluding carboxylic acids is 2. The third-order valence-electron chi connectivity index (χ3n) is 5.22. The lowest BCUT2D eigenvalue weighted by Gasteiger charge is -2.14. The highest BCUT2D eigenvalue weighted by atomic mass is 19.1. The van der Waals surface area contributed by atoms with Crippen molar-refractivity contribution in [2.75, 3.05) is 18.5 Å².